The van der Waals surface area contributed by atoms with E-state index in [2.05, 4.69) is 57.6 Å². The van der Waals surface area contributed by atoms with Crippen LogP contribution in [0.2, 0.25) is 0 Å². The predicted molar refractivity (Wildman–Crippen MR) is 89.3 cm³/mol. The molecule has 0 aliphatic heterocycles. The van der Waals surface area contributed by atoms with Gasteiger partial charge < -0.3 is 10.4 Å². The van der Waals surface area contributed by atoms with Crippen LogP contribution in [0.3, 0.4) is 0 Å². The Kier molecular flexibility index (Phi) is 4.73. The second-order valence-electron chi connectivity index (χ2n) is 5.73. The van der Waals surface area contributed by atoms with Gasteiger partial charge in [0.25, 0.3) is 0 Å². The van der Waals surface area contributed by atoms with Gasteiger partial charge >= 0.3 is 0 Å². The average molecular weight is 346 g/mol. The van der Waals surface area contributed by atoms with Crippen LogP contribution in [0.1, 0.15) is 35.9 Å². The summed E-state index contributed by atoms with van der Waals surface area (Å²) < 4.78 is 1.15. The number of halogens is 1. The molecule has 0 radical (unpaired) electrons. The lowest BCUT2D eigenvalue weighted by Gasteiger charge is -2.38. The van der Waals surface area contributed by atoms with Gasteiger partial charge in [-0.1, -0.05) is 58.4 Å². The van der Waals surface area contributed by atoms with Crippen molar-refractivity contribution in [2.24, 2.45) is 0 Å². The molecule has 1 saturated carbocycles. The van der Waals surface area contributed by atoms with Crippen molar-refractivity contribution in [2.75, 3.05) is 6.61 Å². The van der Waals surface area contributed by atoms with Crippen LogP contribution >= 0.6 is 15.9 Å². The first-order valence-electron chi connectivity index (χ1n) is 7.43. The molecule has 21 heavy (non-hydrogen) atoms. The summed E-state index contributed by atoms with van der Waals surface area (Å²) in [5.74, 6) is 0.634. The molecule has 1 aliphatic carbocycles. The van der Waals surface area contributed by atoms with E-state index in [0.717, 1.165) is 22.9 Å². The Balaban J connectivity index is 1.57. The van der Waals surface area contributed by atoms with Gasteiger partial charge in [0.1, 0.15) is 0 Å². The molecule has 0 bridgehead atoms. The van der Waals surface area contributed by atoms with Crippen molar-refractivity contribution in [3.05, 3.63) is 70.2 Å². The van der Waals surface area contributed by atoms with Crippen molar-refractivity contribution in [1.82, 2.24) is 5.32 Å². The van der Waals surface area contributed by atoms with Crippen LogP contribution < -0.4 is 5.32 Å². The summed E-state index contributed by atoms with van der Waals surface area (Å²) >= 11 is 3.53. The SMILES string of the molecule is OCC(NC1CC(c2cccc(Br)c2)C1)c1ccccc1. The van der Waals surface area contributed by atoms with Crippen LogP contribution in [0.5, 0.6) is 0 Å². The topological polar surface area (TPSA) is 32.3 Å². The Morgan fingerprint density at radius 1 is 1.10 bits per heavy atom. The fourth-order valence-corrected chi connectivity index (χ4v) is 3.43. The normalized spacial score (nSPS) is 22.6. The fourth-order valence-electron chi connectivity index (χ4n) is 3.01. The predicted octanol–water partition coefficient (Wildman–Crippen LogP) is 4.02. The lowest BCUT2D eigenvalue weighted by atomic mass is 9.75. The third-order valence-corrected chi connectivity index (χ3v) is 4.77. The van der Waals surface area contributed by atoms with Crippen LogP contribution in [0.15, 0.2) is 59.1 Å². The minimum atomic E-state index is 0.0414. The molecule has 2 nitrogen and oxygen atoms in total. The van der Waals surface area contributed by atoms with Gasteiger partial charge in [0, 0.05) is 10.5 Å². The van der Waals surface area contributed by atoms with E-state index in [-0.39, 0.29) is 12.6 Å². The Hall–Kier alpha value is -1.16. The molecule has 1 fully saturated rings. The van der Waals surface area contributed by atoms with Gasteiger partial charge in [-0.25, -0.2) is 0 Å². The molecular weight excluding hydrogens is 326 g/mol. The van der Waals surface area contributed by atoms with Gasteiger partial charge in [-0.15, -0.1) is 0 Å². The molecule has 0 amide bonds. The molecule has 3 rings (SSSR count). The summed E-state index contributed by atoms with van der Waals surface area (Å²) in [6, 6.07) is 19.3. The second kappa shape index (κ2) is 6.73. The van der Waals surface area contributed by atoms with Crippen LogP contribution in [-0.4, -0.2) is 17.8 Å². The van der Waals surface area contributed by atoms with Crippen molar-refractivity contribution >= 4 is 15.9 Å². The van der Waals surface area contributed by atoms with E-state index in [9.17, 15) is 5.11 Å². The summed E-state index contributed by atoms with van der Waals surface area (Å²) in [6.45, 7) is 0.141. The third kappa shape index (κ3) is 3.54. The van der Waals surface area contributed by atoms with E-state index in [1.54, 1.807) is 0 Å². The zero-order valence-electron chi connectivity index (χ0n) is 11.9. The van der Waals surface area contributed by atoms with Crippen LogP contribution in [0.25, 0.3) is 0 Å². The Bertz CT molecular complexity index is 581. The lowest BCUT2D eigenvalue weighted by Crippen LogP contribution is -2.43. The summed E-state index contributed by atoms with van der Waals surface area (Å²) in [4.78, 5) is 0. The molecule has 110 valence electrons. The standard InChI is InChI=1S/C18H20BrNO/c19-16-8-4-7-14(9-16)15-10-17(11-15)20-18(12-21)13-5-2-1-3-6-13/h1-9,15,17-18,20-21H,10-12H2. The molecular formula is C18H20BrNO. The Morgan fingerprint density at radius 2 is 1.86 bits per heavy atom. The molecule has 2 aromatic carbocycles. The lowest BCUT2D eigenvalue weighted by molar-refractivity contribution is 0.197. The molecule has 0 heterocycles. The van der Waals surface area contributed by atoms with E-state index in [1.807, 2.05) is 18.2 Å². The van der Waals surface area contributed by atoms with E-state index in [1.165, 1.54) is 5.56 Å². The van der Waals surface area contributed by atoms with Gasteiger partial charge in [0.2, 0.25) is 0 Å². The van der Waals surface area contributed by atoms with Crippen molar-refractivity contribution in [1.29, 1.82) is 0 Å². The highest BCUT2D eigenvalue weighted by molar-refractivity contribution is 9.10. The first-order chi connectivity index (χ1) is 10.3. The third-order valence-electron chi connectivity index (χ3n) is 4.28. The molecule has 1 aliphatic rings. The second-order valence-corrected chi connectivity index (χ2v) is 6.65. The molecule has 0 saturated heterocycles. The first kappa shape index (κ1) is 14.8. The molecule has 0 aromatic heterocycles. The summed E-state index contributed by atoms with van der Waals surface area (Å²) in [5.41, 5.74) is 2.56. The molecule has 0 spiro atoms. The van der Waals surface area contributed by atoms with Gasteiger partial charge in [0.05, 0.1) is 12.6 Å². The summed E-state index contributed by atoms with van der Waals surface area (Å²) in [5, 5.41) is 13.2. The molecule has 3 heteroatoms. The summed E-state index contributed by atoms with van der Waals surface area (Å²) in [6.07, 6.45) is 2.28. The van der Waals surface area contributed by atoms with Crippen molar-refractivity contribution < 1.29 is 5.11 Å². The molecule has 1 unspecified atom stereocenters. The number of benzene rings is 2. The van der Waals surface area contributed by atoms with Crippen LogP contribution in [0.4, 0.5) is 0 Å². The van der Waals surface area contributed by atoms with Gasteiger partial charge in [-0.2, -0.15) is 0 Å². The zero-order valence-corrected chi connectivity index (χ0v) is 13.5. The maximum atomic E-state index is 9.60. The van der Waals surface area contributed by atoms with Crippen molar-refractivity contribution in [3.8, 4) is 0 Å². The minimum Gasteiger partial charge on any atom is -0.394 e. The average Bonchev–Trinajstić information content (AvgIpc) is 2.47. The number of aliphatic hydroxyl groups is 1. The van der Waals surface area contributed by atoms with E-state index < -0.39 is 0 Å². The van der Waals surface area contributed by atoms with Crippen molar-refractivity contribution in [2.45, 2.75) is 30.8 Å². The van der Waals surface area contributed by atoms with Gasteiger partial charge in [-0.3, -0.25) is 0 Å². The molecule has 1 atom stereocenters. The summed E-state index contributed by atoms with van der Waals surface area (Å²) in [7, 11) is 0. The fraction of sp³-hybridized carbons (Fsp3) is 0.333. The number of aliphatic hydroxyl groups excluding tert-OH is 1. The van der Waals surface area contributed by atoms with Crippen LogP contribution in [-0.2, 0) is 0 Å². The number of rotatable bonds is 5. The highest BCUT2D eigenvalue weighted by Gasteiger charge is 2.31. The van der Waals surface area contributed by atoms with E-state index in [4.69, 9.17) is 0 Å². The van der Waals surface area contributed by atoms with Gasteiger partial charge in [0.15, 0.2) is 0 Å². The van der Waals surface area contributed by atoms with E-state index in [0.29, 0.717) is 12.0 Å². The maximum absolute atomic E-state index is 9.60. The Morgan fingerprint density at radius 3 is 2.52 bits per heavy atom. The monoisotopic (exact) mass is 345 g/mol. The van der Waals surface area contributed by atoms with Crippen molar-refractivity contribution in [3.63, 3.8) is 0 Å². The van der Waals surface area contributed by atoms with Gasteiger partial charge in [-0.05, 0) is 42.0 Å². The number of nitrogens with one attached hydrogen (secondary N) is 1. The minimum absolute atomic E-state index is 0.0414. The highest BCUT2D eigenvalue weighted by Crippen LogP contribution is 2.38. The first-order valence-corrected chi connectivity index (χ1v) is 8.23. The number of hydrogen-bond donors (Lipinski definition) is 2. The van der Waals surface area contributed by atoms with E-state index >= 15 is 0 Å². The molecule has 2 N–H and O–H groups in total. The highest BCUT2D eigenvalue weighted by atomic mass is 79.9. The Labute approximate surface area is 134 Å². The maximum Gasteiger partial charge on any atom is 0.0626 e. The largest absolute Gasteiger partial charge is 0.394 e. The quantitative estimate of drug-likeness (QED) is 0.857. The zero-order chi connectivity index (χ0) is 14.7. The van der Waals surface area contributed by atoms with Crippen LogP contribution in [0, 0.1) is 0 Å². The molecule has 2 aromatic rings. The number of hydrogen-bond acceptors (Lipinski definition) is 2. The smallest absolute Gasteiger partial charge is 0.0626 e.